The minimum absolute atomic E-state index is 0.294. The van der Waals surface area contributed by atoms with Gasteiger partial charge in [-0.1, -0.05) is 12.2 Å². The lowest BCUT2D eigenvalue weighted by molar-refractivity contribution is 0.338. The number of aromatic nitrogens is 1. The number of rotatable bonds is 3. The highest BCUT2D eigenvalue weighted by atomic mass is 16.5. The summed E-state index contributed by atoms with van der Waals surface area (Å²) in [6.45, 7) is 3.59. The van der Waals surface area contributed by atoms with Crippen molar-refractivity contribution in [3.8, 4) is 5.75 Å². The maximum absolute atomic E-state index is 5.39. The minimum Gasteiger partial charge on any atom is -0.492 e. The Hall–Kier alpha value is -1.35. The lowest BCUT2D eigenvalue weighted by Crippen LogP contribution is -2.14. The zero-order valence-corrected chi connectivity index (χ0v) is 8.23. The monoisotopic (exact) mass is 190 g/mol. The summed E-state index contributed by atoms with van der Waals surface area (Å²) in [5.74, 6) is 0.840. The van der Waals surface area contributed by atoms with Gasteiger partial charge in [0.1, 0.15) is 5.75 Å². The molecule has 0 bridgehead atoms. The van der Waals surface area contributed by atoms with E-state index in [1.54, 1.807) is 6.20 Å². The summed E-state index contributed by atoms with van der Waals surface area (Å²) in [4.78, 5) is 4.15. The van der Waals surface area contributed by atoms with E-state index >= 15 is 0 Å². The minimum atomic E-state index is 0.294. The van der Waals surface area contributed by atoms with Crippen LogP contribution in [0.1, 0.15) is 18.5 Å². The van der Waals surface area contributed by atoms with E-state index in [-0.39, 0.29) is 0 Å². The fraction of sp³-hybridized carbons (Fsp3) is 0.364. The van der Waals surface area contributed by atoms with Crippen LogP contribution in [0, 0.1) is 0 Å². The van der Waals surface area contributed by atoms with Crippen LogP contribution in [0.3, 0.4) is 0 Å². The molecule has 0 saturated carbocycles. The van der Waals surface area contributed by atoms with Crippen molar-refractivity contribution in [2.24, 2.45) is 0 Å². The standard InChI is InChI=1S/C11H14N2O/c1-2-14-10-6-9(7-12-8-10)11-4-3-5-13-11/h3-4,6-8,11,13H,2,5H2,1H3. The molecule has 2 heterocycles. The SMILES string of the molecule is CCOc1cncc(C2C=CCN2)c1. The Morgan fingerprint density at radius 2 is 2.50 bits per heavy atom. The van der Waals surface area contributed by atoms with Gasteiger partial charge in [-0.3, -0.25) is 4.98 Å². The van der Waals surface area contributed by atoms with Crippen molar-refractivity contribution in [3.05, 3.63) is 36.2 Å². The van der Waals surface area contributed by atoms with E-state index in [0.717, 1.165) is 17.9 Å². The van der Waals surface area contributed by atoms with E-state index in [1.807, 2.05) is 19.2 Å². The van der Waals surface area contributed by atoms with Gasteiger partial charge >= 0.3 is 0 Å². The van der Waals surface area contributed by atoms with Gasteiger partial charge in [0.2, 0.25) is 0 Å². The molecule has 14 heavy (non-hydrogen) atoms. The topological polar surface area (TPSA) is 34.1 Å². The van der Waals surface area contributed by atoms with Crippen molar-refractivity contribution in [2.45, 2.75) is 13.0 Å². The summed E-state index contributed by atoms with van der Waals surface area (Å²) in [7, 11) is 0. The highest BCUT2D eigenvalue weighted by molar-refractivity contribution is 5.29. The third-order valence-electron chi connectivity index (χ3n) is 2.19. The number of nitrogens with one attached hydrogen (secondary N) is 1. The van der Waals surface area contributed by atoms with E-state index < -0.39 is 0 Å². The molecule has 0 spiro atoms. The molecule has 1 aliphatic heterocycles. The van der Waals surface area contributed by atoms with Crippen LogP contribution in [-0.2, 0) is 0 Å². The Balaban J connectivity index is 2.16. The first-order valence-electron chi connectivity index (χ1n) is 4.88. The molecule has 1 aliphatic rings. The average Bonchev–Trinajstić information content (AvgIpc) is 2.71. The zero-order chi connectivity index (χ0) is 9.80. The zero-order valence-electron chi connectivity index (χ0n) is 8.23. The lowest BCUT2D eigenvalue weighted by Gasteiger charge is -2.10. The first-order chi connectivity index (χ1) is 6.90. The van der Waals surface area contributed by atoms with Crippen molar-refractivity contribution in [1.29, 1.82) is 0 Å². The largest absolute Gasteiger partial charge is 0.492 e. The predicted octanol–water partition coefficient (Wildman–Crippen LogP) is 1.68. The maximum atomic E-state index is 5.39. The van der Waals surface area contributed by atoms with E-state index in [4.69, 9.17) is 4.74 Å². The Morgan fingerprint density at radius 3 is 3.21 bits per heavy atom. The van der Waals surface area contributed by atoms with Crippen LogP contribution in [0.2, 0.25) is 0 Å². The van der Waals surface area contributed by atoms with Crippen LogP contribution in [-0.4, -0.2) is 18.1 Å². The number of hydrogen-bond acceptors (Lipinski definition) is 3. The first-order valence-corrected chi connectivity index (χ1v) is 4.88. The Bertz CT molecular complexity index is 336. The Labute approximate surface area is 83.8 Å². The van der Waals surface area contributed by atoms with Crippen LogP contribution < -0.4 is 10.1 Å². The fourth-order valence-electron chi connectivity index (χ4n) is 1.55. The first kappa shape index (κ1) is 9.21. The van der Waals surface area contributed by atoms with Gasteiger partial charge in [0.15, 0.2) is 0 Å². The van der Waals surface area contributed by atoms with Crippen molar-refractivity contribution >= 4 is 0 Å². The van der Waals surface area contributed by atoms with Crippen LogP contribution in [0.15, 0.2) is 30.6 Å². The van der Waals surface area contributed by atoms with Gasteiger partial charge in [0, 0.05) is 12.7 Å². The molecule has 3 heteroatoms. The lowest BCUT2D eigenvalue weighted by atomic mass is 10.1. The van der Waals surface area contributed by atoms with E-state index in [0.29, 0.717) is 12.6 Å². The Kier molecular flexibility index (Phi) is 2.79. The molecular weight excluding hydrogens is 176 g/mol. The molecule has 1 N–H and O–H groups in total. The maximum Gasteiger partial charge on any atom is 0.137 e. The van der Waals surface area contributed by atoms with Gasteiger partial charge in [-0.25, -0.2) is 0 Å². The summed E-state index contributed by atoms with van der Waals surface area (Å²) in [5.41, 5.74) is 1.16. The number of pyridine rings is 1. The van der Waals surface area contributed by atoms with Crippen LogP contribution in [0.25, 0.3) is 0 Å². The summed E-state index contributed by atoms with van der Waals surface area (Å²) in [6.07, 6.45) is 7.88. The van der Waals surface area contributed by atoms with Gasteiger partial charge in [-0.2, -0.15) is 0 Å². The van der Waals surface area contributed by atoms with Crippen LogP contribution >= 0.6 is 0 Å². The Morgan fingerprint density at radius 1 is 1.57 bits per heavy atom. The number of hydrogen-bond donors (Lipinski definition) is 1. The fourth-order valence-corrected chi connectivity index (χ4v) is 1.55. The van der Waals surface area contributed by atoms with Crippen molar-refractivity contribution in [2.75, 3.05) is 13.2 Å². The van der Waals surface area contributed by atoms with Gasteiger partial charge in [-0.05, 0) is 18.6 Å². The van der Waals surface area contributed by atoms with Crippen molar-refractivity contribution in [3.63, 3.8) is 0 Å². The van der Waals surface area contributed by atoms with E-state index in [1.165, 1.54) is 0 Å². The quantitative estimate of drug-likeness (QED) is 0.736. The third kappa shape index (κ3) is 1.93. The summed E-state index contributed by atoms with van der Waals surface area (Å²) in [5, 5.41) is 3.34. The second kappa shape index (κ2) is 4.24. The molecule has 0 fully saturated rings. The van der Waals surface area contributed by atoms with E-state index in [2.05, 4.69) is 22.5 Å². The third-order valence-corrected chi connectivity index (χ3v) is 2.19. The number of nitrogens with zero attached hydrogens (tertiary/aromatic N) is 1. The normalized spacial score (nSPS) is 19.9. The molecule has 0 aromatic carbocycles. The van der Waals surface area contributed by atoms with Gasteiger partial charge < -0.3 is 10.1 Å². The predicted molar refractivity (Wildman–Crippen MR) is 55.3 cm³/mol. The van der Waals surface area contributed by atoms with Gasteiger partial charge in [0.05, 0.1) is 18.8 Å². The van der Waals surface area contributed by atoms with Crippen LogP contribution in [0.5, 0.6) is 5.75 Å². The van der Waals surface area contributed by atoms with Crippen LogP contribution in [0.4, 0.5) is 0 Å². The summed E-state index contributed by atoms with van der Waals surface area (Å²) in [6, 6.07) is 2.33. The molecule has 1 aromatic rings. The molecule has 0 saturated heterocycles. The van der Waals surface area contributed by atoms with E-state index in [9.17, 15) is 0 Å². The molecule has 1 unspecified atom stereocenters. The van der Waals surface area contributed by atoms with Gasteiger partial charge in [0.25, 0.3) is 0 Å². The van der Waals surface area contributed by atoms with Gasteiger partial charge in [-0.15, -0.1) is 0 Å². The second-order valence-electron chi connectivity index (χ2n) is 3.20. The average molecular weight is 190 g/mol. The molecule has 0 radical (unpaired) electrons. The smallest absolute Gasteiger partial charge is 0.137 e. The molecule has 1 aromatic heterocycles. The molecule has 1 atom stereocenters. The number of ether oxygens (including phenoxy) is 1. The molecule has 2 rings (SSSR count). The highest BCUT2D eigenvalue weighted by Crippen LogP contribution is 2.20. The molecule has 0 amide bonds. The molecule has 3 nitrogen and oxygen atoms in total. The summed E-state index contributed by atoms with van der Waals surface area (Å²) < 4.78 is 5.39. The molecular formula is C11H14N2O. The molecule has 74 valence electrons. The van der Waals surface area contributed by atoms with Crippen molar-refractivity contribution < 1.29 is 4.74 Å². The van der Waals surface area contributed by atoms with Crippen molar-refractivity contribution in [1.82, 2.24) is 10.3 Å². The highest BCUT2D eigenvalue weighted by Gasteiger charge is 2.11. The summed E-state index contributed by atoms with van der Waals surface area (Å²) >= 11 is 0. The molecule has 0 aliphatic carbocycles. The second-order valence-corrected chi connectivity index (χ2v) is 3.20.